The van der Waals surface area contributed by atoms with Crippen molar-refractivity contribution in [3.63, 3.8) is 0 Å². The average molecular weight is 397 g/mol. The number of carbonyl (C=O) groups excluding carboxylic acids is 1. The molecule has 3 aromatic rings. The summed E-state index contributed by atoms with van der Waals surface area (Å²) in [6.45, 7) is 0. The molecule has 6 nitrogen and oxygen atoms in total. The molecule has 140 valence electrons. The molecule has 0 saturated carbocycles. The van der Waals surface area contributed by atoms with E-state index in [1.165, 1.54) is 36.5 Å². The van der Waals surface area contributed by atoms with Crippen molar-refractivity contribution in [3.8, 4) is 5.75 Å². The lowest BCUT2D eigenvalue weighted by molar-refractivity contribution is 0.0955. The van der Waals surface area contributed by atoms with Crippen LogP contribution in [0, 0.1) is 5.82 Å². The number of aromatic hydroxyl groups is 1. The van der Waals surface area contributed by atoms with Crippen LogP contribution in [0.5, 0.6) is 5.75 Å². The van der Waals surface area contributed by atoms with E-state index in [1.54, 1.807) is 36.4 Å². The number of hydrogen-bond acceptors (Lipinski definition) is 5. The third-order valence-electron chi connectivity index (χ3n) is 3.61. The number of halogens is 2. The molecular formula is C20H14ClFN4O2. The molecule has 0 unspecified atom stereocenters. The molecule has 0 aliphatic carbocycles. The number of hydrogen-bond donors (Lipinski definition) is 2. The Labute approximate surface area is 165 Å². The standard InChI is InChI=1S/C20H14ClFN4O2/c21-17-3-1-2-4-18(17)25-24-16-9-10-19(27)14(11-16)12-23-26-20(28)13-5-7-15(22)8-6-13/h1-12,27H,(H,26,28). The van der Waals surface area contributed by atoms with Crippen LogP contribution >= 0.6 is 11.6 Å². The van der Waals surface area contributed by atoms with Crippen molar-refractivity contribution >= 4 is 35.1 Å². The zero-order valence-electron chi connectivity index (χ0n) is 14.4. The third-order valence-corrected chi connectivity index (χ3v) is 3.93. The number of phenols is 1. The number of phenolic OH excluding ortho intramolecular Hbond substituents is 1. The number of benzene rings is 3. The van der Waals surface area contributed by atoms with E-state index >= 15 is 0 Å². The molecule has 0 aromatic heterocycles. The first-order valence-corrected chi connectivity index (χ1v) is 8.49. The van der Waals surface area contributed by atoms with E-state index in [-0.39, 0.29) is 11.3 Å². The molecule has 28 heavy (non-hydrogen) atoms. The van der Waals surface area contributed by atoms with Crippen molar-refractivity contribution in [1.82, 2.24) is 5.43 Å². The molecule has 1 amide bonds. The monoisotopic (exact) mass is 396 g/mol. The molecule has 2 N–H and O–H groups in total. The lowest BCUT2D eigenvalue weighted by Gasteiger charge is -2.02. The molecular weight excluding hydrogens is 383 g/mol. The van der Waals surface area contributed by atoms with Gasteiger partial charge < -0.3 is 5.11 Å². The fourth-order valence-corrected chi connectivity index (χ4v) is 2.35. The van der Waals surface area contributed by atoms with E-state index in [9.17, 15) is 14.3 Å². The summed E-state index contributed by atoms with van der Waals surface area (Å²) in [5.74, 6) is -0.991. The molecule has 0 spiro atoms. The van der Waals surface area contributed by atoms with Gasteiger partial charge in [0, 0.05) is 11.1 Å². The van der Waals surface area contributed by atoms with E-state index < -0.39 is 11.7 Å². The maximum atomic E-state index is 12.9. The normalized spacial score (nSPS) is 11.2. The van der Waals surface area contributed by atoms with Crippen molar-refractivity contribution in [2.75, 3.05) is 0 Å². The Hall–Kier alpha value is -3.58. The van der Waals surface area contributed by atoms with Crippen molar-refractivity contribution < 1.29 is 14.3 Å². The molecule has 0 atom stereocenters. The third kappa shape index (κ3) is 4.99. The molecule has 8 heteroatoms. The summed E-state index contributed by atoms with van der Waals surface area (Å²) < 4.78 is 12.9. The molecule has 0 aliphatic rings. The van der Waals surface area contributed by atoms with Gasteiger partial charge in [0.1, 0.15) is 17.3 Å². The fourth-order valence-electron chi connectivity index (χ4n) is 2.18. The van der Waals surface area contributed by atoms with E-state index in [1.807, 2.05) is 0 Å². The van der Waals surface area contributed by atoms with Gasteiger partial charge in [-0.2, -0.15) is 10.2 Å². The van der Waals surface area contributed by atoms with Crippen LogP contribution in [0.3, 0.4) is 0 Å². The Morgan fingerprint density at radius 1 is 1.04 bits per heavy atom. The van der Waals surface area contributed by atoms with Crippen molar-refractivity contribution in [3.05, 3.63) is 88.7 Å². The molecule has 0 aliphatic heterocycles. The van der Waals surface area contributed by atoms with Crippen molar-refractivity contribution in [1.29, 1.82) is 0 Å². The minimum absolute atomic E-state index is 0.0449. The first-order chi connectivity index (χ1) is 13.5. The zero-order valence-corrected chi connectivity index (χ0v) is 15.1. The Balaban J connectivity index is 1.71. The number of amides is 1. The van der Waals surface area contributed by atoms with Crippen LogP contribution in [-0.2, 0) is 0 Å². The summed E-state index contributed by atoms with van der Waals surface area (Å²) in [5, 5.41) is 22.4. The summed E-state index contributed by atoms with van der Waals surface area (Å²) in [6.07, 6.45) is 1.27. The van der Waals surface area contributed by atoms with Crippen molar-refractivity contribution in [2.24, 2.45) is 15.3 Å². The Bertz CT molecular complexity index is 1050. The molecule has 0 saturated heterocycles. The second-order valence-corrected chi connectivity index (χ2v) is 6.01. The van der Waals surface area contributed by atoms with Crippen LogP contribution in [-0.4, -0.2) is 17.2 Å². The average Bonchev–Trinajstić information content (AvgIpc) is 2.70. The van der Waals surface area contributed by atoms with Crippen LogP contribution in [0.1, 0.15) is 15.9 Å². The van der Waals surface area contributed by atoms with Crippen LogP contribution in [0.2, 0.25) is 5.02 Å². The van der Waals surface area contributed by atoms with Gasteiger partial charge in [-0.15, -0.1) is 5.11 Å². The van der Waals surface area contributed by atoms with Gasteiger partial charge in [-0.1, -0.05) is 23.7 Å². The SMILES string of the molecule is O=C(NN=Cc1cc(N=Nc2ccccc2Cl)ccc1O)c1ccc(F)cc1. The van der Waals surface area contributed by atoms with Crippen LogP contribution in [0.4, 0.5) is 15.8 Å². The topological polar surface area (TPSA) is 86.4 Å². The second kappa shape index (κ2) is 8.88. The van der Waals surface area contributed by atoms with Gasteiger partial charge in [-0.3, -0.25) is 4.79 Å². The molecule has 0 fully saturated rings. The van der Waals surface area contributed by atoms with E-state index in [4.69, 9.17) is 11.6 Å². The highest BCUT2D eigenvalue weighted by Gasteiger charge is 2.05. The quantitative estimate of drug-likeness (QED) is 0.345. The lowest BCUT2D eigenvalue weighted by atomic mass is 10.2. The summed E-state index contributed by atoms with van der Waals surface area (Å²) in [5.41, 5.74) is 3.86. The van der Waals surface area contributed by atoms with Gasteiger partial charge in [-0.05, 0) is 54.6 Å². The molecule has 3 rings (SSSR count). The van der Waals surface area contributed by atoms with Gasteiger partial charge >= 0.3 is 0 Å². The first-order valence-electron chi connectivity index (χ1n) is 8.11. The van der Waals surface area contributed by atoms with E-state index in [0.717, 1.165) is 0 Å². The number of carbonyl (C=O) groups is 1. The molecule has 3 aromatic carbocycles. The number of nitrogens with zero attached hydrogens (tertiary/aromatic N) is 3. The number of hydrazone groups is 1. The Morgan fingerprint density at radius 3 is 2.54 bits per heavy atom. The van der Waals surface area contributed by atoms with Crippen LogP contribution < -0.4 is 5.43 Å². The predicted molar refractivity (Wildman–Crippen MR) is 105 cm³/mol. The maximum absolute atomic E-state index is 12.9. The molecule has 0 heterocycles. The Kier molecular flexibility index (Phi) is 6.08. The van der Waals surface area contributed by atoms with Gasteiger partial charge in [-0.25, -0.2) is 9.82 Å². The summed E-state index contributed by atoms with van der Waals surface area (Å²) in [6, 6.07) is 16.6. The summed E-state index contributed by atoms with van der Waals surface area (Å²) in [4.78, 5) is 11.9. The number of nitrogens with one attached hydrogen (secondary N) is 1. The Morgan fingerprint density at radius 2 is 1.79 bits per heavy atom. The van der Waals surface area contributed by atoms with E-state index in [0.29, 0.717) is 22.0 Å². The minimum Gasteiger partial charge on any atom is -0.507 e. The second-order valence-electron chi connectivity index (χ2n) is 5.60. The minimum atomic E-state index is -0.509. The molecule has 0 bridgehead atoms. The summed E-state index contributed by atoms with van der Waals surface area (Å²) in [7, 11) is 0. The van der Waals surface area contributed by atoms with Gasteiger partial charge in [0.15, 0.2) is 0 Å². The number of rotatable bonds is 5. The smallest absolute Gasteiger partial charge is 0.271 e. The maximum Gasteiger partial charge on any atom is 0.271 e. The van der Waals surface area contributed by atoms with E-state index in [2.05, 4.69) is 20.8 Å². The first kappa shape index (κ1) is 19.2. The summed E-state index contributed by atoms with van der Waals surface area (Å²) >= 11 is 6.03. The van der Waals surface area contributed by atoms with Gasteiger partial charge in [0.05, 0.1) is 16.9 Å². The fraction of sp³-hybridized carbons (Fsp3) is 0. The lowest BCUT2D eigenvalue weighted by Crippen LogP contribution is -2.17. The van der Waals surface area contributed by atoms with Gasteiger partial charge in [0.2, 0.25) is 0 Å². The van der Waals surface area contributed by atoms with Crippen LogP contribution in [0.25, 0.3) is 0 Å². The highest BCUT2D eigenvalue weighted by atomic mass is 35.5. The highest BCUT2D eigenvalue weighted by molar-refractivity contribution is 6.32. The zero-order chi connectivity index (χ0) is 19.9. The largest absolute Gasteiger partial charge is 0.507 e. The van der Waals surface area contributed by atoms with Crippen LogP contribution in [0.15, 0.2) is 82.1 Å². The highest BCUT2D eigenvalue weighted by Crippen LogP contribution is 2.27. The van der Waals surface area contributed by atoms with Crippen molar-refractivity contribution in [2.45, 2.75) is 0 Å². The number of azo groups is 1. The predicted octanol–water partition coefficient (Wildman–Crippen LogP) is 5.36. The molecule has 0 radical (unpaired) electrons. The van der Waals surface area contributed by atoms with Gasteiger partial charge in [0.25, 0.3) is 5.91 Å².